The maximum absolute atomic E-state index is 5.73. The van der Waals surface area contributed by atoms with Crippen LogP contribution >= 0.6 is 11.3 Å². The van der Waals surface area contributed by atoms with E-state index in [9.17, 15) is 0 Å². The number of ether oxygens (including phenoxy) is 2. The van der Waals surface area contributed by atoms with Gasteiger partial charge in [-0.3, -0.25) is 0 Å². The van der Waals surface area contributed by atoms with Gasteiger partial charge in [0.15, 0.2) is 0 Å². The van der Waals surface area contributed by atoms with Crippen molar-refractivity contribution in [2.24, 2.45) is 0 Å². The molecule has 17 heavy (non-hydrogen) atoms. The molecule has 1 aliphatic heterocycles. The van der Waals surface area contributed by atoms with E-state index in [-0.39, 0.29) is 6.10 Å². The standard InChI is InChI=1S/C13H15NO2S/c1-9(15-6-11-7-16-11)4-10-2-3-12-13(5-10)17-8-14-12/h2-3,5,8-9,11H,4,6-7H2,1H3. The molecule has 1 aromatic carbocycles. The van der Waals surface area contributed by atoms with Gasteiger partial charge in [-0.2, -0.15) is 0 Å². The molecule has 3 rings (SSSR count). The highest BCUT2D eigenvalue weighted by molar-refractivity contribution is 7.16. The fraction of sp³-hybridized carbons (Fsp3) is 0.462. The maximum atomic E-state index is 5.73. The smallest absolute Gasteiger partial charge is 0.104 e. The van der Waals surface area contributed by atoms with Crippen molar-refractivity contribution in [1.82, 2.24) is 4.98 Å². The van der Waals surface area contributed by atoms with E-state index in [2.05, 4.69) is 30.1 Å². The Kier molecular flexibility index (Phi) is 3.09. The van der Waals surface area contributed by atoms with E-state index >= 15 is 0 Å². The monoisotopic (exact) mass is 249 g/mol. The zero-order valence-corrected chi connectivity index (χ0v) is 10.6. The van der Waals surface area contributed by atoms with Gasteiger partial charge in [0, 0.05) is 0 Å². The zero-order chi connectivity index (χ0) is 11.7. The van der Waals surface area contributed by atoms with Crippen LogP contribution in [0.2, 0.25) is 0 Å². The predicted octanol–water partition coefficient (Wildman–Crippen LogP) is 2.64. The highest BCUT2D eigenvalue weighted by Crippen LogP contribution is 2.20. The van der Waals surface area contributed by atoms with Gasteiger partial charge in [-0.05, 0) is 31.0 Å². The molecule has 0 spiro atoms. The second-order valence-corrected chi connectivity index (χ2v) is 5.34. The average molecular weight is 249 g/mol. The third kappa shape index (κ3) is 2.83. The molecule has 0 N–H and O–H groups in total. The summed E-state index contributed by atoms with van der Waals surface area (Å²) in [6.45, 7) is 3.70. The van der Waals surface area contributed by atoms with Crippen LogP contribution in [0.4, 0.5) is 0 Å². The van der Waals surface area contributed by atoms with Crippen LogP contribution in [0.3, 0.4) is 0 Å². The van der Waals surface area contributed by atoms with E-state index < -0.39 is 0 Å². The number of nitrogens with zero attached hydrogens (tertiary/aromatic N) is 1. The molecule has 0 aliphatic carbocycles. The van der Waals surface area contributed by atoms with Crippen LogP contribution in [0.1, 0.15) is 12.5 Å². The minimum atomic E-state index is 0.240. The first-order valence-electron chi connectivity index (χ1n) is 5.86. The van der Waals surface area contributed by atoms with E-state index in [0.29, 0.717) is 6.10 Å². The summed E-state index contributed by atoms with van der Waals surface area (Å²) in [5.41, 5.74) is 4.28. The third-order valence-corrected chi connectivity index (χ3v) is 3.68. The SMILES string of the molecule is CC(Cc1ccc2ncsc2c1)OCC1CO1. The van der Waals surface area contributed by atoms with E-state index in [0.717, 1.165) is 25.2 Å². The maximum Gasteiger partial charge on any atom is 0.104 e. The number of fused-ring (bicyclic) bond motifs is 1. The molecule has 0 saturated carbocycles. The second kappa shape index (κ2) is 4.72. The molecule has 90 valence electrons. The average Bonchev–Trinajstić information content (AvgIpc) is 3.04. The number of epoxide rings is 1. The summed E-state index contributed by atoms with van der Waals surface area (Å²) in [5, 5.41) is 0. The van der Waals surface area contributed by atoms with E-state index in [1.807, 2.05) is 5.51 Å². The number of hydrogen-bond donors (Lipinski definition) is 0. The molecule has 0 amide bonds. The molecule has 4 heteroatoms. The van der Waals surface area contributed by atoms with Crippen LogP contribution in [0, 0.1) is 0 Å². The Labute approximate surface area is 104 Å². The van der Waals surface area contributed by atoms with Crippen LogP contribution < -0.4 is 0 Å². The Bertz CT molecular complexity index is 507. The largest absolute Gasteiger partial charge is 0.375 e. The fourth-order valence-electron chi connectivity index (χ4n) is 1.85. The molecule has 1 aromatic heterocycles. The zero-order valence-electron chi connectivity index (χ0n) is 9.76. The van der Waals surface area contributed by atoms with Crippen LogP contribution in [0.25, 0.3) is 10.2 Å². The van der Waals surface area contributed by atoms with Crippen molar-refractivity contribution in [1.29, 1.82) is 0 Å². The number of aromatic nitrogens is 1. The molecule has 2 unspecified atom stereocenters. The lowest BCUT2D eigenvalue weighted by Crippen LogP contribution is -2.15. The van der Waals surface area contributed by atoms with Crippen molar-refractivity contribution in [3.8, 4) is 0 Å². The normalized spacial score (nSPS) is 20.6. The van der Waals surface area contributed by atoms with Gasteiger partial charge in [-0.1, -0.05) is 6.07 Å². The van der Waals surface area contributed by atoms with Gasteiger partial charge in [0.05, 0.1) is 35.0 Å². The number of thiazole rings is 1. The Morgan fingerprint density at radius 1 is 1.59 bits per heavy atom. The van der Waals surface area contributed by atoms with Crippen LogP contribution in [0.5, 0.6) is 0 Å². The molecular formula is C13H15NO2S. The topological polar surface area (TPSA) is 34.6 Å². The molecule has 1 saturated heterocycles. The molecule has 2 heterocycles. The summed E-state index contributed by atoms with van der Waals surface area (Å²) in [5.74, 6) is 0. The van der Waals surface area contributed by atoms with Gasteiger partial charge in [0.1, 0.15) is 6.10 Å². The first-order valence-corrected chi connectivity index (χ1v) is 6.74. The molecule has 0 radical (unpaired) electrons. The lowest BCUT2D eigenvalue weighted by atomic mass is 10.1. The molecule has 2 aromatic rings. The van der Waals surface area contributed by atoms with Crippen molar-refractivity contribution in [3.05, 3.63) is 29.3 Å². The van der Waals surface area contributed by atoms with E-state index in [1.165, 1.54) is 10.3 Å². The molecule has 0 bridgehead atoms. The third-order valence-electron chi connectivity index (χ3n) is 2.89. The van der Waals surface area contributed by atoms with Gasteiger partial charge in [0.25, 0.3) is 0 Å². The predicted molar refractivity (Wildman–Crippen MR) is 68.5 cm³/mol. The lowest BCUT2D eigenvalue weighted by Gasteiger charge is -2.12. The quantitative estimate of drug-likeness (QED) is 0.764. The van der Waals surface area contributed by atoms with Crippen molar-refractivity contribution < 1.29 is 9.47 Å². The van der Waals surface area contributed by atoms with Crippen molar-refractivity contribution in [2.75, 3.05) is 13.2 Å². The van der Waals surface area contributed by atoms with Crippen molar-refractivity contribution in [3.63, 3.8) is 0 Å². The van der Waals surface area contributed by atoms with Gasteiger partial charge < -0.3 is 9.47 Å². The number of rotatable bonds is 5. The molecule has 3 nitrogen and oxygen atoms in total. The highest BCUT2D eigenvalue weighted by atomic mass is 32.1. The molecule has 2 atom stereocenters. The van der Waals surface area contributed by atoms with Crippen LogP contribution in [-0.2, 0) is 15.9 Å². The Morgan fingerprint density at radius 3 is 3.29 bits per heavy atom. The van der Waals surface area contributed by atoms with Gasteiger partial charge in [-0.15, -0.1) is 11.3 Å². The minimum Gasteiger partial charge on any atom is -0.375 e. The Hall–Kier alpha value is -0.970. The molecule has 1 fully saturated rings. The van der Waals surface area contributed by atoms with Crippen LogP contribution in [0.15, 0.2) is 23.7 Å². The lowest BCUT2D eigenvalue weighted by molar-refractivity contribution is 0.0548. The van der Waals surface area contributed by atoms with Crippen LogP contribution in [-0.4, -0.2) is 30.4 Å². The van der Waals surface area contributed by atoms with Gasteiger partial charge >= 0.3 is 0 Å². The van der Waals surface area contributed by atoms with Gasteiger partial charge in [-0.25, -0.2) is 4.98 Å². The summed E-state index contributed by atoms with van der Waals surface area (Å²) >= 11 is 1.68. The number of benzene rings is 1. The fourth-order valence-corrected chi connectivity index (χ4v) is 2.59. The summed E-state index contributed by atoms with van der Waals surface area (Å²) in [6, 6.07) is 6.42. The van der Waals surface area contributed by atoms with Gasteiger partial charge in [0.2, 0.25) is 0 Å². The van der Waals surface area contributed by atoms with Crippen molar-refractivity contribution in [2.45, 2.75) is 25.6 Å². The summed E-state index contributed by atoms with van der Waals surface area (Å²) in [6.07, 6.45) is 1.53. The highest BCUT2D eigenvalue weighted by Gasteiger charge is 2.23. The van der Waals surface area contributed by atoms with Crippen molar-refractivity contribution >= 4 is 21.6 Å². The summed E-state index contributed by atoms with van der Waals surface area (Å²) in [4.78, 5) is 4.28. The second-order valence-electron chi connectivity index (χ2n) is 4.46. The summed E-state index contributed by atoms with van der Waals surface area (Å²) in [7, 11) is 0. The number of hydrogen-bond acceptors (Lipinski definition) is 4. The Balaban J connectivity index is 1.62. The first-order chi connectivity index (χ1) is 8.31. The Morgan fingerprint density at radius 2 is 2.47 bits per heavy atom. The minimum absolute atomic E-state index is 0.240. The molecule has 1 aliphatic rings. The molecular weight excluding hydrogens is 234 g/mol. The van der Waals surface area contributed by atoms with E-state index in [4.69, 9.17) is 9.47 Å². The summed E-state index contributed by atoms with van der Waals surface area (Å²) < 4.78 is 12.1. The van der Waals surface area contributed by atoms with E-state index in [1.54, 1.807) is 11.3 Å². The first kappa shape index (κ1) is 11.1.